The van der Waals surface area contributed by atoms with E-state index in [-0.39, 0.29) is 5.69 Å². The van der Waals surface area contributed by atoms with Crippen LogP contribution in [0, 0.1) is 0 Å². The zero-order chi connectivity index (χ0) is 17.3. The fraction of sp³-hybridized carbons (Fsp3) is 0. The molecule has 3 aromatic carbocycles. The number of anilines is 1. The summed E-state index contributed by atoms with van der Waals surface area (Å²) < 4.78 is 32.7. The highest BCUT2D eigenvalue weighted by molar-refractivity contribution is 7.86. The van der Waals surface area contributed by atoms with E-state index in [1.165, 1.54) is 18.2 Å². The first-order valence-corrected chi connectivity index (χ1v) is 8.30. The molecule has 3 rings (SSSR count). The number of fused-ring (bicyclic) bond motifs is 1. The second kappa shape index (κ2) is 5.91. The van der Waals surface area contributed by atoms with Gasteiger partial charge >= 0.3 is 0 Å². The molecule has 24 heavy (non-hydrogen) atoms. The molecule has 0 aliphatic heterocycles. The summed E-state index contributed by atoms with van der Waals surface area (Å²) in [5.41, 5.74) is 6.21. The molecule has 0 aliphatic carbocycles. The Kier molecular flexibility index (Phi) is 3.92. The standard InChI is InChI=1S/C16H13N3O4S/c17-11-7-6-10-8-14(24(21,22)23)15(16(20)13(10)9-11)19-18-12-4-2-1-3-5-12/h1-9,20H,17H2,(H,21,22,23). The fourth-order valence-corrected chi connectivity index (χ4v) is 2.91. The van der Waals surface area contributed by atoms with Gasteiger partial charge in [-0.05, 0) is 35.7 Å². The van der Waals surface area contributed by atoms with Crippen molar-refractivity contribution < 1.29 is 18.1 Å². The second-order valence-electron chi connectivity index (χ2n) is 5.06. The van der Waals surface area contributed by atoms with Gasteiger partial charge in [0.15, 0.2) is 5.75 Å². The first-order valence-electron chi connectivity index (χ1n) is 6.86. The molecule has 122 valence electrons. The Labute approximate surface area is 137 Å². The molecule has 0 heterocycles. The summed E-state index contributed by atoms with van der Waals surface area (Å²) in [4.78, 5) is -0.531. The van der Waals surface area contributed by atoms with Crippen molar-refractivity contribution >= 4 is 38.0 Å². The van der Waals surface area contributed by atoms with E-state index in [1.807, 2.05) is 0 Å². The highest BCUT2D eigenvalue weighted by Crippen LogP contribution is 2.41. The van der Waals surface area contributed by atoms with E-state index < -0.39 is 20.8 Å². The van der Waals surface area contributed by atoms with Gasteiger partial charge in [-0.2, -0.15) is 13.5 Å². The Balaban J connectivity index is 2.27. The number of nitrogen functional groups attached to an aromatic ring is 1. The van der Waals surface area contributed by atoms with E-state index in [9.17, 15) is 18.1 Å². The molecule has 0 unspecified atom stereocenters. The third kappa shape index (κ3) is 3.05. The largest absolute Gasteiger partial charge is 0.505 e. The monoisotopic (exact) mass is 343 g/mol. The number of nitrogens with zero attached hydrogens (tertiary/aromatic N) is 2. The molecule has 0 fully saturated rings. The predicted molar refractivity (Wildman–Crippen MR) is 90.5 cm³/mol. The van der Waals surface area contributed by atoms with Crippen molar-refractivity contribution in [1.29, 1.82) is 0 Å². The first kappa shape index (κ1) is 15.9. The van der Waals surface area contributed by atoms with Crippen molar-refractivity contribution in [3.63, 3.8) is 0 Å². The quantitative estimate of drug-likeness (QED) is 0.379. The lowest BCUT2D eigenvalue weighted by Crippen LogP contribution is -1.99. The number of phenols is 1. The molecule has 0 aliphatic rings. The van der Waals surface area contributed by atoms with Crippen molar-refractivity contribution in [2.24, 2.45) is 10.2 Å². The Morgan fingerprint density at radius 3 is 2.33 bits per heavy atom. The van der Waals surface area contributed by atoms with Crippen LogP contribution in [-0.4, -0.2) is 18.1 Å². The Hall–Kier alpha value is -2.97. The van der Waals surface area contributed by atoms with Crippen molar-refractivity contribution in [2.75, 3.05) is 5.73 Å². The minimum atomic E-state index is -4.61. The summed E-state index contributed by atoms with van der Waals surface area (Å²) in [5, 5.41) is 18.8. The van der Waals surface area contributed by atoms with Crippen LogP contribution in [0.25, 0.3) is 10.8 Å². The molecule has 0 radical (unpaired) electrons. The fourth-order valence-electron chi connectivity index (χ4n) is 2.25. The molecule has 0 spiro atoms. The van der Waals surface area contributed by atoms with E-state index in [2.05, 4.69) is 10.2 Å². The highest BCUT2D eigenvalue weighted by atomic mass is 32.2. The lowest BCUT2D eigenvalue weighted by molar-refractivity contribution is 0.472. The molecule has 8 heteroatoms. The minimum absolute atomic E-state index is 0.310. The van der Waals surface area contributed by atoms with Gasteiger partial charge in [-0.3, -0.25) is 4.55 Å². The maximum absolute atomic E-state index is 11.6. The van der Waals surface area contributed by atoms with Crippen molar-refractivity contribution in [3.05, 3.63) is 54.6 Å². The van der Waals surface area contributed by atoms with Gasteiger partial charge in [0.2, 0.25) is 0 Å². The smallest absolute Gasteiger partial charge is 0.296 e. The second-order valence-corrected chi connectivity index (χ2v) is 6.45. The third-order valence-electron chi connectivity index (χ3n) is 3.38. The number of rotatable bonds is 3. The predicted octanol–water partition coefficient (Wildman–Crippen LogP) is 3.79. The van der Waals surface area contributed by atoms with Gasteiger partial charge in [-0.1, -0.05) is 24.3 Å². The number of hydrogen-bond donors (Lipinski definition) is 3. The Morgan fingerprint density at radius 1 is 0.958 bits per heavy atom. The van der Waals surface area contributed by atoms with Crippen LogP contribution in [-0.2, 0) is 10.1 Å². The zero-order valence-electron chi connectivity index (χ0n) is 12.3. The maximum atomic E-state index is 11.6. The SMILES string of the molecule is Nc1ccc2cc(S(=O)(=O)O)c(N=Nc3ccccc3)c(O)c2c1. The molecule has 0 atom stereocenters. The molecular formula is C16H13N3O4S. The van der Waals surface area contributed by atoms with Crippen LogP contribution >= 0.6 is 0 Å². The molecular weight excluding hydrogens is 330 g/mol. The van der Waals surface area contributed by atoms with Crippen LogP contribution in [0.1, 0.15) is 0 Å². The molecule has 4 N–H and O–H groups in total. The number of hydrogen-bond acceptors (Lipinski definition) is 6. The topological polar surface area (TPSA) is 125 Å². The van der Waals surface area contributed by atoms with Crippen LogP contribution < -0.4 is 5.73 Å². The van der Waals surface area contributed by atoms with Crippen LogP contribution in [0.15, 0.2) is 69.7 Å². The average molecular weight is 343 g/mol. The third-order valence-corrected chi connectivity index (χ3v) is 4.24. The van der Waals surface area contributed by atoms with Gasteiger partial charge in [0.05, 0.1) is 5.69 Å². The van der Waals surface area contributed by atoms with Gasteiger partial charge in [0.1, 0.15) is 10.6 Å². The highest BCUT2D eigenvalue weighted by Gasteiger charge is 2.22. The minimum Gasteiger partial charge on any atom is -0.505 e. The van der Waals surface area contributed by atoms with Gasteiger partial charge in [0, 0.05) is 11.1 Å². The molecule has 7 nitrogen and oxygen atoms in total. The summed E-state index contributed by atoms with van der Waals surface area (Å²) in [5.74, 6) is -0.424. The summed E-state index contributed by atoms with van der Waals surface area (Å²) in [6.45, 7) is 0. The molecule has 0 bridgehead atoms. The zero-order valence-corrected chi connectivity index (χ0v) is 13.1. The lowest BCUT2D eigenvalue weighted by atomic mass is 10.1. The Morgan fingerprint density at radius 2 is 1.67 bits per heavy atom. The first-order chi connectivity index (χ1) is 11.4. The van der Waals surface area contributed by atoms with Crippen LogP contribution in [0.2, 0.25) is 0 Å². The molecule has 3 aromatic rings. The van der Waals surface area contributed by atoms with Gasteiger partial charge in [0.25, 0.3) is 10.1 Å². The number of azo groups is 1. The van der Waals surface area contributed by atoms with Crippen LogP contribution in [0.3, 0.4) is 0 Å². The molecule has 0 amide bonds. The number of nitrogens with two attached hydrogens (primary N) is 1. The summed E-state index contributed by atoms with van der Waals surface area (Å²) in [7, 11) is -4.61. The molecule has 0 aromatic heterocycles. The number of aromatic hydroxyl groups is 1. The summed E-state index contributed by atoms with van der Waals surface area (Å²) in [6, 6.07) is 14.4. The lowest BCUT2D eigenvalue weighted by Gasteiger charge is -2.09. The van der Waals surface area contributed by atoms with Gasteiger partial charge in [-0.25, -0.2) is 0 Å². The van der Waals surface area contributed by atoms with Gasteiger partial charge in [-0.15, -0.1) is 5.11 Å². The number of phenolic OH excluding ortho intramolecular Hbond substituents is 1. The van der Waals surface area contributed by atoms with E-state index in [0.717, 1.165) is 0 Å². The van der Waals surface area contributed by atoms with Crippen molar-refractivity contribution in [1.82, 2.24) is 0 Å². The normalized spacial score (nSPS) is 12.0. The van der Waals surface area contributed by atoms with E-state index in [1.54, 1.807) is 36.4 Å². The van der Waals surface area contributed by atoms with E-state index in [0.29, 0.717) is 22.1 Å². The van der Waals surface area contributed by atoms with Gasteiger partial charge < -0.3 is 10.8 Å². The summed E-state index contributed by atoms with van der Waals surface area (Å²) >= 11 is 0. The van der Waals surface area contributed by atoms with Crippen LogP contribution in [0.5, 0.6) is 5.75 Å². The van der Waals surface area contributed by atoms with Crippen molar-refractivity contribution in [3.8, 4) is 5.75 Å². The molecule has 0 saturated heterocycles. The van der Waals surface area contributed by atoms with Crippen molar-refractivity contribution in [2.45, 2.75) is 4.90 Å². The maximum Gasteiger partial charge on any atom is 0.296 e. The summed E-state index contributed by atoms with van der Waals surface area (Å²) in [6.07, 6.45) is 0. The van der Waals surface area contributed by atoms with E-state index in [4.69, 9.17) is 5.73 Å². The van der Waals surface area contributed by atoms with E-state index >= 15 is 0 Å². The molecule has 0 saturated carbocycles. The Bertz CT molecular complexity index is 1050. The average Bonchev–Trinajstić information content (AvgIpc) is 2.54. The number of benzene rings is 3. The van der Waals surface area contributed by atoms with Crippen LogP contribution in [0.4, 0.5) is 17.1 Å².